The summed E-state index contributed by atoms with van der Waals surface area (Å²) in [6.45, 7) is 12.7. The molecule has 0 saturated carbocycles. The molecule has 0 aliphatic heterocycles. The summed E-state index contributed by atoms with van der Waals surface area (Å²) in [4.78, 5) is 37.1. The van der Waals surface area contributed by atoms with E-state index in [1.807, 2.05) is 13.8 Å². The minimum atomic E-state index is -1.75. The van der Waals surface area contributed by atoms with Crippen molar-refractivity contribution in [3.63, 3.8) is 0 Å². The molecule has 0 rings (SSSR count). The van der Waals surface area contributed by atoms with Crippen LogP contribution in [0.25, 0.3) is 0 Å². The molecule has 3 atom stereocenters. The minimum Gasteiger partial charge on any atom is -0.396 e. The molecule has 0 spiro atoms. The molecule has 0 aliphatic carbocycles. The van der Waals surface area contributed by atoms with Gasteiger partial charge in [0.15, 0.2) is 0 Å². The maximum atomic E-state index is 12.8. The van der Waals surface area contributed by atoms with Crippen molar-refractivity contribution in [3.8, 4) is 0 Å². The number of hydrogen-bond acceptors (Lipinski definition) is 6. The quantitative estimate of drug-likeness (QED) is 0.226. The summed E-state index contributed by atoms with van der Waals surface area (Å²) in [5.41, 5.74) is 0.192. The van der Waals surface area contributed by atoms with Crippen LogP contribution in [0.15, 0.2) is 0 Å². The summed E-state index contributed by atoms with van der Waals surface area (Å²) < 4.78 is 0. The fourth-order valence-corrected chi connectivity index (χ4v) is 2.55. The van der Waals surface area contributed by atoms with Gasteiger partial charge < -0.3 is 20.8 Å². The third-order valence-electron chi connectivity index (χ3n) is 4.41. The number of rotatable bonds is 10. The zero-order chi connectivity index (χ0) is 22.3. The Morgan fingerprint density at radius 3 is 1.89 bits per heavy atom. The van der Waals surface area contributed by atoms with Crippen LogP contribution in [0.4, 0.5) is 0 Å². The lowest BCUT2D eigenvalue weighted by Gasteiger charge is -2.33. The Balaban J connectivity index is 5.45. The second-order valence-electron chi connectivity index (χ2n) is 9.50. The van der Waals surface area contributed by atoms with Gasteiger partial charge in [0.25, 0.3) is 5.91 Å². The molecule has 6 N–H and O–H groups in total. The van der Waals surface area contributed by atoms with Gasteiger partial charge in [-0.25, -0.2) is 5.48 Å². The van der Waals surface area contributed by atoms with Crippen LogP contribution in [0, 0.1) is 22.7 Å². The van der Waals surface area contributed by atoms with Crippen LogP contribution < -0.4 is 16.1 Å². The van der Waals surface area contributed by atoms with Crippen LogP contribution in [-0.2, 0) is 14.4 Å². The molecule has 1 unspecified atom stereocenters. The van der Waals surface area contributed by atoms with E-state index in [9.17, 15) is 24.6 Å². The summed E-state index contributed by atoms with van der Waals surface area (Å²) >= 11 is 0. The SMILES string of the molecule is CC(C)C[C@@H](C(=O)N[C@H](C(=O)NCC(C)(C)CO)C(C)(C)C)C(O)C(=O)NO. The molecule has 0 aromatic carbocycles. The molecule has 0 radical (unpaired) electrons. The molecule has 0 saturated heterocycles. The van der Waals surface area contributed by atoms with Crippen molar-refractivity contribution >= 4 is 17.7 Å². The fourth-order valence-electron chi connectivity index (χ4n) is 2.55. The van der Waals surface area contributed by atoms with Gasteiger partial charge in [-0.1, -0.05) is 48.5 Å². The smallest absolute Gasteiger partial charge is 0.272 e. The molecule has 0 bridgehead atoms. The highest BCUT2D eigenvalue weighted by Crippen LogP contribution is 2.23. The van der Waals surface area contributed by atoms with E-state index < -0.39 is 46.6 Å². The van der Waals surface area contributed by atoms with Crippen LogP contribution in [0.1, 0.15) is 54.9 Å². The zero-order valence-corrected chi connectivity index (χ0v) is 18.0. The standard InChI is InChI=1S/C19H37N3O6/c1-11(2)8-12(13(24)16(26)22-28)15(25)21-14(18(3,4)5)17(27)20-9-19(6,7)10-23/h11-14,23-24,28H,8-10H2,1-7H3,(H,20,27)(H,21,25)(H,22,26)/t12-,13?,14-/m1/s1. The molecule has 9 nitrogen and oxygen atoms in total. The van der Waals surface area contributed by atoms with Crippen LogP contribution in [-0.4, -0.2) is 58.4 Å². The molecular weight excluding hydrogens is 366 g/mol. The Bertz CT molecular complexity index is 542. The number of hydrogen-bond donors (Lipinski definition) is 6. The summed E-state index contributed by atoms with van der Waals surface area (Å²) in [5.74, 6) is -3.29. The molecule has 0 aromatic rings. The van der Waals surface area contributed by atoms with Crippen LogP contribution in [0.2, 0.25) is 0 Å². The highest BCUT2D eigenvalue weighted by molar-refractivity contribution is 5.92. The van der Waals surface area contributed by atoms with Gasteiger partial charge >= 0.3 is 0 Å². The van der Waals surface area contributed by atoms with Gasteiger partial charge in [0.05, 0.1) is 5.92 Å². The topological polar surface area (TPSA) is 148 Å². The molecule has 0 heterocycles. The number of nitrogens with one attached hydrogen (secondary N) is 3. The molecule has 9 heteroatoms. The fraction of sp³-hybridized carbons (Fsp3) is 0.842. The molecule has 0 aromatic heterocycles. The van der Waals surface area contributed by atoms with Gasteiger partial charge in [0, 0.05) is 18.6 Å². The first-order chi connectivity index (χ1) is 12.7. The van der Waals surface area contributed by atoms with E-state index in [1.54, 1.807) is 34.6 Å². The largest absolute Gasteiger partial charge is 0.396 e. The molecule has 164 valence electrons. The summed E-state index contributed by atoms with van der Waals surface area (Å²) in [5, 5.41) is 33.6. The Labute approximate surface area is 167 Å². The van der Waals surface area contributed by atoms with Crippen molar-refractivity contribution in [2.24, 2.45) is 22.7 Å². The second kappa shape index (κ2) is 10.7. The van der Waals surface area contributed by atoms with E-state index in [1.165, 1.54) is 5.48 Å². The Morgan fingerprint density at radius 1 is 0.964 bits per heavy atom. The van der Waals surface area contributed by atoms with Crippen molar-refractivity contribution in [2.45, 2.75) is 67.0 Å². The minimum absolute atomic E-state index is 0.0100. The first kappa shape index (κ1) is 26.3. The van der Waals surface area contributed by atoms with Crippen molar-refractivity contribution < 1.29 is 29.8 Å². The van der Waals surface area contributed by atoms with Gasteiger partial charge in [0.2, 0.25) is 11.8 Å². The van der Waals surface area contributed by atoms with Crippen molar-refractivity contribution in [1.82, 2.24) is 16.1 Å². The first-order valence-electron chi connectivity index (χ1n) is 9.47. The van der Waals surface area contributed by atoms with E-state index in [4.69, 9.17) is 5.21 Å². The summed E-state index contributed by atoms with van der Waals surface area (Å²) in [6.07, 6.45) is -1.56. The number of carbonyl (C=O) groups is 3. The first-order valence-corrected chi connectivity index (χ1v) is 9.47. The van der Waals surface area contributed by atoms with E-state index in [0.29, 0.717) is 0 Å². The lowest BCUT2D eigenvalue weighted by atomic mass is 9.84. The average Bonchev–Trinajstić information content (AvgIpc) is 2.59. The summed E-state index contributed by atoms with van der Waals surface area (Å²) in [7, 11) is 0. The number of hydroxylamine groups is 1. The zero-order valence-electron chi connectivity index (χ0n) is 18.0. The Hall–Kier alpha value is -1.71. The highest BCUT2D eigenvalue weighted by Gasteiger charge is 2.38. The van der Waals surface area contributed by atoms with Gasteiger partial charge in [-0.3, -0.25) is 19.6 Å². The number of carbonyl (C=O) groups excluding carboxylic acids is 3. The van der Waals surface area contributed by atoms with Gasteiger partial charge in [-0.15, -0.1) is 0 Å². The summed E-state index contributed by atoms with van der Waals surface area (Å²) in [6, 6.07) is -0.923. The van der Waals surface area contributed by atoms with Crippen molar-refractivity contribution in [2.75, 3.05) is 13.2 Å². The van der Waals surface area contributed by atoms with Gasteiger partial charge in [-0.2, -0.15) is 0 Å². The predicted molar refractivity (Wildman–Crippen MR) is 104 cm³/mol. The predicted octanol–water partition coefficient (Wildman–Crippen LogP) is 0.181. The highest BCUT2D eigenvalue weighted by atomic mass is 16.5. The number of aliphatic hydroxyl groups is 2. The molecule has 0 fully saturated rings. The lowest BCUT2D eigenvalue weighted by Crippen LogP contribution is -2.57. The molecular formula is C19H37N3O6. The van der Waals surface area contributed by atoms with Gasteiger partial charge in [-0.05, 0) is 17.8 Å². The van der Waals surface area contributed by atoms with E-state index in [0.717, 1.165) is 0 Å². The average molecular weight is 404 g/mol. The molecule has 28 heavy (non-hydrogen) atoms. The van der Waals surface area contributed by atoms with Crippen LogP contribution in [0.5, 0.6) is 0 Å². The Morgan fingerprint density at radius 2 is 1.50 bits per heavy atom. The third-order valence-corrected chi connectivity index (χ3v) is 4.41. The van der Waals surface area contributed by atoms with Crippen LogP contribution in [0.3, 0.4) is 0 Å². The van der Waals surface area contributed by atoms with Crippen molar-refractivity contribution in [1.29, 1.82) is 0 Å². The lowest BCUT2D eigenvalue weighted by molar-refractivity contribution is -0.147. The van der Waals surface area contributed by atoms with Crippen LogP contribution >= 0.6 is 0 Å². The third kappa shape index (κ3) is 8.53. The normalized spacial score (nSPS) is 15.5. The maximum Gasteiger partial charge on any atom is 0.272 e. The van der Waals surface area contributed by atoms with E-state index in [2.05, 4.69) is 10.6 Å². The van der Waals surface area contributed by atoms with Crippen molar-refractivity contribution in [3.05, 3.63) is 0 Å². The molecule has 0 aliphatic rings. The number of amides is 3. The van der Waals surface area contributed by atoms with Gasteiger partial charge in [0.1, 0.15) is 12.1 Å². The maximum absolute atomic E-state index is 12.8. The Kier molecular flexibility index (Phi) is 10.1. The van der Waals surface area contributed by atoms with E-state index in [-0.39, 0.29) is 25.5 Å². The number of aliphatic hydroxyl groups excluding tert-OH is 2. The second-order valence-corrected chi connectivity index (χ2v) is 9.50. The molecule has 3 amide bonds. The van der Waals surface area contributed by atoms with E-state index >= 15 is 0 Å². The monoisotopic (exact) mass is 403 g/mol.